The van der Waals surface area contributed by atoms with Gasteiger partial charge in [0.05, 0.1) is 6.04 Å². The zero-order valence-corrected chi connectivity index (χ0v) is 21.3. The molecule has 5 heteroatoms. The van der Waals surface area contributed by atoms with Crippen molar-refractivity contribution in [1.82, 2.24) is 9.88 Å². The zero-order chi connectivity index (χ0) is 26.2. The number of ketones is 1. The third-order valence-electron chi connectivity index (χ3n) is 6.97. The van der Waals surface area contributed by atoms with Crippen molar-refractivity contribution in [2.75, 3.05) is 0 Å². The predicted octanol–water partition coefficient (Wildman–Crippen LogP) is 5.82. The number of nitrogens with one attached hydrogen (secondary N) is 1. The first kappa shape index (κ1) is 24.4. The Bertz CT molecular complexity index is 1480. The molecule has 0 radical (unpaired) electrons. The predicted molar refractivity (Wildman–Crippen MR) is 145 cm³/mol. The average Bonchev–Trinajstić information content (AvgIpc) is 2.88. The molecule has 1 N–H and O–H groups in total. The molecule has 5 nitrogen and oxygen atoms in total. The molecule has 3 aromatic carbocycles. The Balaban J connectivity index is 1.64. The summed E-state index contributed by atoms with van der Waals surface area (Å²) in [5.74, 6) is -0.562. The number of aryl methyl sites for hydroxylation is 1. The Morgan fingerprint density at radius 1 is 0.838 bits per heavy atom. The number of fused-ring (bicyclic) bond motifs is 1. The monoisotopic (exact) mass is 490 g/mol. The smallest absolute Gasteiger partial charge is 0.268 e. The number of nitrogens with zero attached hydrogens (tertiary/aromatic N) is 1. The highest BCUT2D eigenvalue weighted by Gasteiger charge is 2.35. The van der Waals surface area contributed by atoms with Gasteiger partial charge < -0.3 is 5.32 Å². The number of hydrogen-bond donors (Lipinski definition) is 1. The fourth-order valence-electron chi connectivity index (χ4n) is 5.10. The number of Topliss-reactive ketones (excluding diaryl/α,β-unsaturated/α-hetero) is 1. The molecule has 0 bridgehead atoms. The minimum Gasteiger partial charge on any atom is -0.341 e. The van der Waals surface area contributed by atoms with Crippen molar-refractivity contribution in [2.45, 2.75) is 39.7 Å². The lowest BCUT2D eigenvalue weighted by atomic mass is 9.75. The van der Waals surface area contributed by atoms with E-state index in [1.807, 2.05) is 106 Å². The number of aromatic nitrogens is 1. The van der Waals surface area contributed by atoms with E-state index in [0.29, 0.717) is 29.8 Å². The van der Waals surface area contributed by atoms with E-state index in [9.17, 15) is 14.4 Å². The lowest BCUT2D eigenvalue weighted by Crippen LogP contribution is -2.39. The second-order valence-corrected chi connectivity index (χ2v) is 10.6. The van der Waals surface area contributed by atoms with Crippen LogP contribution in [0.15, 0.2) is 95.8 Å². The van der Waals surface area contributed by atoms with Gasteiger partial charge in [0.25, 0.3) is 11.5 Å². The summed E-state index contributed by atoms with van der Waals surface area (Å²) in [6, 6.07) is 27.9. The lowest BCUT2D eigenvalue weighted by Gasteiger charge is -2.32. The van der Waals surface area contributed by atoms with Crippen LogP contribution in [0.5, 0.6) is 0 Å². The van der Waals surface area contributed by atoms with Gasteiger partial charge >= 0.3 is 0 Å². The molecule has 0 unspecified atom stereocenters. The summed E-state index contributed by atoms with van der Waals surface area (Å²) in [7, 11) is 0. The molecule has 1 amide bonds. The van der Waals surface area contributed by atoms with E-state index in [1.165, 1.54) is 6.07 Å². The Morgan fingerprint density at radius 3 is 1.97 bits per heavy atom. The molecule has 0 aliphatic heterocycles. The fraction of sp³-hybridized carbons (Fsp3) is 0.219. The second kappa shape index (κ2) is 9.66. The summed E-state index contributed by atoms with van der Waals surface area (Å²) < 4.78 is 1.56. The molecule has 37 heavy (non-hydrogen) atoms. The maximum Gasteiger partial charge on any atom is 0.268 e. The van der Waals surface area contributed by atoms with Crippen LogP contribution in [0.3, 0.4) is 0 Å². The van der Waals surface area contributed by atoms with E-state index >= 15 is 0 Å². The van der Waals surface area contributed by atoms with E-state index in [4.69, 9.17) is 0 Å². The number of carbonyl (C=O) groups is 2. The molecule has 4 aromatic rings. The normalized spacial score (nSPS) is 14.3. The number of benzene rings is 3. The molecule has 5 rings (SSSR count). The van der Waals surface area contributed by atoms with Gasteiger partial charge in [-0.05, 0) is 48.1 Å². The highest BCUT2D eigenvalue weighted by molar-refractivity contribution is 6.02. The minimum atomic E-state index is -0.510. The quantitative estimate of drug-likeness (QED) is 0.383. The SMILES string of the molecule is Cc1ccc(-n2c3c(cc(C(=O)NC(c4ccccc4)c4ccccc4)c2=O)C(=O)CC(C)(C)C3)cc1. The third kappa shape index (κ3) is 4.90. The van der Waals surface area contributed by atoms with Crippen LogP contribution < -0.4 is 10.9 Å². The van der Waals surface area contributed by atoms with Crippen LogP contribution in [-0.4, -0.2) is 16.3 Å². The van der Waals surface area contributed by atoms with Crippen LogP contribution in [0.2, 0.25) is 0 Å². The summed E-state index contributed by atoms with van der Waals surface area (Å²) in [4.78, 5) is 40.9. The van der Waals surface area contributed by atoms with Crippen LogP contribution in [0, 0.1) is 12.3 Å². The molecule has 1 heterocycles. The van der Waals surface area contributed by atoms with E-state index in [0.717, 1.165) is 16.7 Å². The van der Waals surface area contributed by atoms with Gasteiger partial charge in [-0.3, -0.25) is 19.0 Å². The topological polar surface area (TPSA) is 68.2 Å². The molecular weight excluding hydrogens is 460 g/mol. The molecule has 1 aliphatic carbocycles. The number of carbonyl (C=O) groups excluding carboxylic acids is 2. The Labute approximate surface area is 216 Å². The van der Waals surface area contributed by atoms with E-state index in [2.05, 4.69) is 5.32 Å². The van der Waals surface area contributed by atoms with Crippen LogP contribution in [0.25, 0.3) is 5.69 Å². The Morgan fingerprint density at radius 2 is 1.41 bits per heavy atom. The first-order chi connectivity index (χ1) is 17.7. The van der Waals surface area contributed by atoms with Crippen LogP contribution in [0.1, 0.15) is 69.4 Å². The van der Waals surface area contributed by atoms with Crippen molar-refractivity contribution in [3.05, 3.63) is 135 Å². The molecule has 0 fully saturated rings. The van der Waals surface area contributed by atoms with Crippen molar-refractivity contribution < 1.29 is 9.59 Å². The third-order valence-corrected chi connectivity index (χ3v) is 6.97. The Kier molecular flexibility index (Phi) is 6.38. The molecule has 0 saturated carbocycles. The number of rotatable bonds is 5. The van der Waals surface area contributed by atoms with Crippen LogP contribution in [-0.2, 0) is 6.42 Å². The van der Waals surface area contributed by atoms with Crippen LogP contribution >= 0.6 is 0 Å². The van der Waals surface area contributed by atoms with Crippen molar-refractivity contribution in [2.24, 2.45) is 5.41 Å². The Hall–Kier alpha value is -4.25. The van der Waals surface area contributed by atoms with Crippen molar-refractivity contribution in [1.29, 1.82) is 0 Å². The van der Waals surface area contributed by atoms with Crippen molar-refractivity contribution >= 4 is 11.7 Å². The van der Waals surface area contributed by atoms with Gasteiger partial charge in [0.15, 0.2) is 5.78 Å². The van der Waals surface area contributed by atoms with Crippen molar-refractivity contribution in [3.63, 3.8) is 0 Å². The molecule has 0 atom stereocenters. The standard InChI is InChI=1S/C32H30N2O3/c1-21-14-16-24(17-15-21)34-27-19-32(2,3)20-28(35)25(27)18-26(31(34)37)30(36)33-29(22-10-6-4-7-11-22)23-12-8-5-9-13-23/h4-18,29H,19-20H2,1-3H3,(H,33,36). The number of amides is 1. The summed E-state index contributed by atoms with van der Waals surface area (Å²) in [5, 5.41) is 3.07. The van der Waals surface area contributed by atoms with E-state index in [1.54, 1.807) is 4.57 Å². The van der Waals surface area contributed by atoms with E-state index in [-0.39, 0.29) is 16.8 Å². The molecule has 186 valence electrons. The van der Waals surface area contributed by atoms with Gasteiger partial charge in [-0.2, -0.15) is 0 Å². The molecule has 0 saturated heterocycles. The maximum absolute atomic E-state index is 13.9. The van der Waals surface area contributed by atoms with Gasteiger partial charge in [0.1, 0.15) is 5.56 Å². The van der Waals surface area contributed by atoms with Crippen LogP contribution in [0.4, 0.5) is 0 Å². The largest absolute Gasteiger partial charge is 0.341 e. The summed E-state index contributed by atoms with van der Waals surface area (Å²) in [6.07, 6.45) is 0.930. The molecule has 1 aromatic heterocycles. The zero-order valence-electron chi connectivity index (χ0n) is 21.3. The number of hydrogen-bond acceptors (Lipinski definition) is 3. The first-order valence-corrected chi connectivity index (χ1v) is 12.5. The van der Waals surface area contributed by atoms with Crippen molar-refractivity contribution in [3.8, 4) is 5.69 Å². The summed E-state index contributed by atoms with van der Waals surface area (Å²) >= 11 is 0. The maximum atomic E-state index is 13.9. The molecule has 1 aliphatic rings. The summed E-state index contributed by atoms with van der Waals surface area (Å²) in [5.41, 5.74) is 3.87. The van der Waals surface area contributed by atoms with Gasteiger partial charge in [-0.1, -0.05) is 92.2 Å². The highest BCUT2D eigenvalue weighted by atomic mass is 16.2. The number of pyridine rings is 1. The second-order valence-electron chi connectivity index (χ2n) is 10.6. The van der Waals surface area contributed by atoms with Gasteiger partial charge in [0.2, 0.25) is 0 Å². The van der Waals surface area contributed by atoms with Gasteiger partial charge in [-0.15, -0.1) is 0 Å². The summed E-state index contributed by atoms with van der Waals surface area (Å²) in [6.45, 7) is 6.04. The fourth-order valence-corrected chi connectivity index (χ4v) is 5.10. The van der Waals surface area contributed by atoms with E-state index < -0.39 is 17.5 Å². The lowest BCUT2D eigenvalue weighted by molar-refractivity contribution is 0.0908. The average molecular weight is 491 g/mol. The molecule has 0 spiro atoms. The first-order valence-electron chi connectivity index (χ1n) is 12.5. The van der Waals surface area contributed by atoms with Gasteiger partial charge in [0, 0.05) is 23.4 Å². The van der Waals surface area contributed by atoms with Gasteiger partial charge in [-0.25, -0.2) is 0 Å². The highest BCUT2D eigenvalue weighted by Crippen LogP contribution is 2.35. The molecular formula is C32H30N2O3. The minimum absolute atomic E-state index is 0.0377.